The van der Waals surface area contributed by atoms with Gasteiger partial charge in [0.15, 0.2) is 5.11 Å². The summed E-state index contributed by atoms with van der Waals surface area (Å²) >= 11 is 5.72. The summed E-state index contributed by atoms with van der Waals surface area (Å²) in [6.07, 6.45) is 2.79. The lowest BCUT2D eigenvalue weighted by Gasteiger charge is -2.28. The number of carboxylic acids is 1. The molecule has 3 heterocycles. The first kappa shape index (κ1) is 22.0. The molecule has 0 saturated carbocycles. The van der Waals surface area contributed by atoms with Crippen molar-refractivity contribution in [1.29, 1.82) is 0 Å². The Morgan fingerprint density at radius 1 is 1.19 bits per heavy atom. The zero-order valence-electron chi connectivity index (χ0n) is 18.8. The zero-order valence-corrected chi connectivity index (χ0v) is 19.6. The smallest absolute Gasteiger partial charge is 0.335 e. The average Bonchev–Trinajstić information content (AvgIpc) is 3.25. The number of carboxylic acid groups (broad SMARTS) is 1. The van der Waals surface area contributed by atoms with Crippen LogP contribution in [0.3, 0.4) is 0 Å². The van der Waals surface area contributed by atoms with Crippen LogP contribution in [0.2, 0.25) is 0 Å². The molecule has 0 aliphatic carbocycles. The molecular weight excluding hydrogens is 420 g/mol. The van der Waals surface area contributed by atoms with E-state index in [0.717, 1.165) is 46.4 Å². The van der Waals surface area contributed by atoms with Crippen LogP contribution < -0.4 is 5.32 Å². The number of hydrogen-bond acceptors (Lipinski definition) is 3. The van der Waals surface area contributed by atoms with Crippen LogP contribution in [0.15, 0.2) is 48.7 Å². The Kier molecular flexibility index (Phi) is 6.02. The largest absolute Gasteiger partial charge is 0.478 e. The third-order valence-corrected chi connectivity index (χ3v) is 6.50. The number of benzene rings is 1. The minimum Gasteiger partial charge on any atom is -0.478 e. The molecule has 4 rings (SSSR count). The molecule has 7 heteroatoms. The van der Waals surface area contributed by atoms with Gasteiger partial charge in [0.25, 0.3) is 0 Å². The molecule has 0 spiro atoms. The maximum Gasteiger partial charge on any atom is 0.335 e. The second kappa shape index (κ2) is 8.74. The molecule has 1 aliphatic heterocycles. The van der Waals surface area contributed by atoms with Gasteiger partial charge >= 0.3 is 5.97 Å². The number of hydrogen-bond donors (Lipinski definition) is 2. The van der Waals surface area contributed by atoms with Crippen LogP contribution >= 0.6 is 12.2 Å². The third kappa shape index (κ3) is 3.77. The number of nitrogens with one attached hydrogen (secondary N) is 1. The van der Waals surface area contributed by atoms with Crippen molar-refractivity contribution in [2.24, 2.45) is 0 Å². The first-order valence-electron chi connectivity index (χ1n) is 10.8. The molecule has 1 saturated heterocycles. The van der Waals surface area contributed by atoms with Gasteiger partial charge in [0, 0.05) is 29.8 Å². The van der Waals surface area contributed by atoms with E-state index in [4.69, 9.17) is 12.2 Å². The van der Waals surface area contributed by atoms with Crippen molar-refractivity contribution in [2.45, 2.75) is 46.2 Å². The predicted octanol–water partition coefficient (Wildman–Crippen LogP) is 4.88. The molecule has 2 atom stereocenters. The van der Waals surface area contributed by atoms with E-state index < -0.39 is 5.97 Å². The van der Waals surface area contributed by atoms with Crippen LogP contribution in [0.25, 0.3) is 5.69 Å². The van der Waals surface area contributed by atoms with E-state index in [2.05, 4.69) is 46.6 Å². The number of aryl methyl sites for hydroxylation is 2. The monoisotopic (exact) mass is 448 g/mol. The molecule has 3 aromatic rings. The zero-order chi connectivity index (χ0) is 23.0. The minimum atomic E-state index is -0.927. The van der Waals surface area contributed by atoms with E-state index in [-0.39, 0.29) is 17.6 Å². The van der Waals surface area contributed by atoms with E-state index >= 15 is 0 Å². The summed E-state index contributed by atoms with van der Waals surface area (Å²) < 4.78 is 2.15. The van der Waals surface area contributed by atoms with Crippen molar-refractivity contribution in [3.8, 4) is 5.69 Å². The number of aromatic carboxylic acids is 1. The molecule has 1 fully saturated rings. The van der Waals surface area contributed by atoms with E-state index in [1.54, 1.807) is 12.1 Å². The number of nitrogens with zero attached hydrogens (tertiary/aromatic N) is 3. The summed E-state index contributed by atoms with van der Waals surface area (Å²) in [5, 5.41) is 13.7. The molecule has 2 N–H and O–H groups in total. The van der Waals surface area contributed by atoms with Crippen LogP contribution in [0.1, 0.15) is 64.0 Å². The molecule has 0 amide bonds. The number of pyridine rings is 1. The highest BCUT2D eigenvalue weighted by Crippen LogP contribution is 2.41. The first-order valence-corrected chi connectivity index (χ1v) is 11.3. The highest BCUT2D eigenvalue weighted by molar-refractivity contribution is 7.80. The summed E-state index contributed by atoms with van der Waals surface area (Å²) in [4.78, 5) is 18.4. The number of rotatable bonds is 6. The lowest BCUT2D eigenvalue weighted by Crippen LogP contribution is -2.30. The van der Waals surface area contributed by atoms with Crippen LogP contribution in [-0.4, -0.2) is 37.2 Å². The van der Waals surface area contributed by atoms with Crippen molar-refractivity contribution >= 4 is 23.3 Å². The molecule has 6 nitrogen and oxygen atoms in total. The van der Waals surface area contributed by atoms with E-state index in [9.17, 15) is 9.90 Å². The van der Waals surface area contributed by atoms with Gasteiger partial charge in [-0.3, -0.25) is 4.98 Å². The summed E-state index contributed by atoms with van der Waals surface area (Å²) in [6.45, 7) is 9.15. The number of carbonyl (C=O) groups is 1. The van der Waals surface area contributed by atoms with Crippen LogP contribution in [0.5, 0.6) is 0 Å². The lowest BCUT2D eigenvalue weighted by molar-refractivity contribution is 0.0697. The first-order chi connectivity index (χ1) is 15.3. The van der Waals surface area contributed by atoms with Gasteiger partial charge in [-0.2, -0.15) is 0 Å². The second-order valence-electron chi connectivity index (χ2n) is 8.29. The van der Waals surface area contributed by atoms with Gasteiger partial charge < -0.3 is 19.9 Å². The van der Waals surface area contributed by atoms with E-state index in [0.29, 0.717) is 0 Å². The number of thiocarbonyl (C=S) groups is 1. The van der Waals surface area contributed by atoms with Crippen LogP contribution in [-0.2, 0) is 0 Å². The molecule has 2 aromatic heterocycles. The standard InChI is InChI=1S/C25H28N4O2S/c1-5-12-28-23(22(27-25(28)32)20-8-6-7-11-26-20)19-13-16(3)29(17(19)4)21-14-18(24(30)31)10-9-15(21)2/h6-11,13-14,22-23H,5,12H2,1-4H3,(H,27,32)(H,30,31)/t22-,23-/m0/s1. The maximum atomic E-state index is 11.6. The molecule has 32 heavy (non-hydrogen) atoms. The molecule has 0 unspecified atom stereocenters. The summed E-state index contributed by atoms with van der Waals surface area (Å²) in [5.41, 5.74) is 6.43. The SMILES string of the molecule is CCCN1C(=S)N[C@@H](c2ccccn2)[C@@H]1c1cc(C)n(-c2cc(C(=O)O)ccc2C)c1C. The average molecular weight is 449 g/mol. The Morgan fingerprint density at radius 3 is 2.62 bits per heavy atom. The van der Waals surface area contributed by atoms with Gasteiger partial charge in [0.05, 0.1) is 23.3 Å². The fraction of sp³-hybridized carbons (Fsp3) is 0.320. The quantitative estimate of drug-likeness (QED) is 0.524. The van der Waals surface area contributed by atoms with Gasteiger partial charge in [0.2, 0.25) is 0 Å². The molecular formula is C25H28N4O2S. The van der Waals surface area contributed by atoms with Crippen molar-refractivity contribution in [3.05, 3.63) is 82.4 Å². The van der Waals surface area contributed by atoms with E-state index in [1.165, 1.54) is 5.56 Å². The summed E-state index contributed by atoms with van der Waals surface area (Å²) in [6, 6.07) is 13.3. The van der Waals surface area contributed by atoms with Gasteiger partial charge in [-0.1, -0.05) is 19.1 Å². The number of aromatic nitrogens is 2. The highest BCUT2D eigenvalue weighted by atomic mass is 32.1. The van der Waals surface area contributed by atoms with Crippen LogP contribution in [0, 0.1) is 20.8 Å². The Bertz CT molecular complexity index is 1170. The van der Waals surface area contributed by atoms with Crippen molar-refractivity contribution in [3.63, 3.8) is 0 Å². The fourth-order valence-electron chi connectivity index (χ4n) is 4.67. The minimum absolute atomic E-state index is 0.000243. The second-order valence-corrected chi connectivity index (χ2v) is 8.67. The Balaban J connectivity index is 1.86. The lowest BCUT2D eigenvalue weighted by atomic mass is 9.96. The molecule has 1 aromatic carbocycles. The topological polar surface area (TPSA) is 70.4 Å². The third-order valence-electron chi connectivity index (χ3n) is 6.15. The van der Waals surface area contributed by atoms with Crippen molar-refractivity contribution in [2.75, 3.05) is 6.54 Å². The van der Waals surface area contributed by atoms with Crippen molar-refractivity contribution in [1.82, 2.24) is 19.8 Å². The molecule has 0 bridgehead atoms. The predicted molar refractivity (Wildman–Crippen MR) is 129 cm³/mol. The Morgan fingerprint density at radius 2 is 1.97 bits per heavy atom. The summed E-state index contributed by atoms with van der Waals surface area (Å²) in [7, 11) is 0. The molecule has 166 valence electrons. The van der Waals surface area contributed by atoms with Gasteiger partial charge in [-0.15, -0.1) is 0 Å². The van der Waals surface area contributed by atoms with E-state index in [1.807, 2.05) is 37.4 Å². The highest BCUT2D eigenvalue weighted by Gasteiger charge is 2.41. The van der Waals surface area contributed by atoms with Gasteiger partial charge in [-0.05, 0) is 80.9 Å². The van der Waals surface area contributed by atoms with Gasteiger partial charge in [0.1, 0.15) is 0 Å². The molecule has 0 radical (unpaired) electrons. The van der Waals surface area contributed by atoms with Gasteiger partial charge in [-0.25, -0.2) is 4.79 Å². The maximum absolute atomic E-state index is 11.6. The normalized spacial score (nSPS) is 18.1. The Hall–Kier alpha value is -3.19. The summed E-state index contributed by atoms with van der Waals surface area (Å²) in [5.74, 6) is -0.927. The molecule has 1 aliphatic rings. The fourth-order valence-corrected chi connectivity index (χ4v) is 5.00. The van der Waals surface area contributed by atoms with Crippen molar-refractivity contribution < 1.29 is 9.90 Å². The Labute approximate surface area is 193 Å². The van der Waals surface area contributed by atoms with Crippen LogP contribution in [0.4, 0.5) is 0 Å².